The summed E-state index contributed by atoms with van der Waals surface area (Å²) in [4.78, 5) is 10.8. The van der Waals surface area contributed by atoms with E-state index >= 15 is 0 Å². The van der Waals surface area contributed by atoms with Crippen LogP contribution in [0.3, 0.4) is 0 Å². The van der Waals surface area contributed by atoms with Gasteiger partial charge in [0.25, 0.3) is 0 Å². The number of ether oxygens (including phenoxy) is 1. The molecule has 2 aromatic rings. The molecule has 0 unspecified atom stereocenters. The number of aromatic nitrogens is 3. The van der Waals surface area contributed by atoms with E-state index in [0.29, 0.717) is 13.0 Å². The first kappa shape index (κ1) is 16.4. The third-order valence-corrected chi connectivity index (χ3v) is 4.17. The lowest BCUT2D eigenvalue weighted by molar-refractivity contribution is -0.118. The Labute approximate surface area is 134 Å². The highest BCUT2D eigenvalue weighted by Crippen LogP contribution is 2.19. The Morgan fingerprint density at radius 2 is 2.14 bits per heavy atom. The molecule has 0 saturated carbocycles. The zero-order valence-electron chi connectivity index (χ0n) is 12.8. The number of amides is 1. The van der Waals surface area contributed by atoms with Crippen molar-refractivity contribution in [3.05, 3.63) is 35.7 Å². The third kappa shape index (κ3) is 4.49. The normalized spacial score (nSPS) is 10.6. The van der Waals surface area contributed by atoms with E-state index in [1.165, 1.54) is 0 Å². The standard InChI is InChI=1S/C15H20N4O2S/c1-11-5-3-4-6-12(11)21-9-10-22-15-18-17-14(19(15)2)8-7-13(16)20/h3-6H,7-10H2,1-2H3,(H2,16,20). The van der Waals surface area contributed by atoms with Crippen LogP contribution >= 0.6 is 11.8 Å². The topological polar surface area (TPSA) is 83.0 Å². The van der Waals surface area contributed by atoms with Crippen LogP contribution in [0.25, 0.3) is 0 Å². The van der Waals surface area contributed by atoms with Gasteiger partial charge in [-0.15, -0.1) is 10.2 Å². The van der Waals surface area contributed by atoms with E-state index in [1.807, 2.05) is 42.8 Å². The van der Waals surface area contributed by atoms with E-state index in [1.54, 1.807) is 11.8 Å². The summed E-state index contributed by atoms with van der Waals surface area (Å²) in [6.45, 7) is 2.62. The predicted octanol–water partition coefficient (Wildman–Crippen LogP) is 1.71. The van der Waals surface area contributed by atoms with E-state index < -0.39 is 0 Å². The van der Waals surface area contributed by atoms with Gasteiger partial charge in [-0.2, -0.15) is 0 Å². The summed E-state index contributed by atoms with van der Waals surface area (Å²) < 4.78 is 7.63. The minimum atomic E-state index is -0.330. The molecule has 2 rings (SSSR count). The second-order valence-electron chi connectivity index (χ2n) is 4.89. The molecule has 0 saturated heterocycles. The summed E-state index contributed by atoms with van der Waals surface area (Å²) in [5, 5.41) is 9.02. The summed E-state index contributed by atoms with van der Waals surface area (Å²) in [5.41, 5.74) is 6.27. The van der Waals surface area contributed by atoms with Crippen molar-refractivity contribution in [3.8, 4) is 5.75 Å². The molecule has 0 radical (unpaired) electrons. The molecular formula is C15H20N4O2S. The number of aryl methyl sites for hydroxylation is 2. The van der Waals surface area contributed by atoms with Gasteiger partial charge in [0.1, 0.15) is 11.6 Å². The zero-order chi connectivity index (χ0) is 15.9. The minimum Gasteiger partial charge on any atom is -0.492 e. The molecule has 7 heteroatoms. The maximum atomic E-state index is 10.8. The van der Waals surface area contributed by atoms with Gasteiger partial charge < -0.3 is 15.0 Å². The fourth-order valence-corrected chi connectivity index (χ4v) is 2.67. The van der Waals surface area contributed by atoms with Gasteiger partial charge in [0.05, 0.1) is 6.61 Å². The summed E-state index contributed by atoms with van der Waals surface area (Å²) >= 11 is 1.58. The highest BCUT2D eigenvalue weighted by molar-refractivity contribution is 7.99. The monoisotopic (exact) mass is 320 g/mol. The average Bonchev–Trinajstić information content (AvgIpc) is 2.84. The first-order valence-corrected chi connectivity index (χ1v) is 8.04. The largest absolute Gasteiger partial charge is 0.492 e. The molecule has 0 atom stereocenters. The lowest BCUT2D eigenvalue weighted by atomic mass is 10.2. The molecule has 0 spiro atoms. The lowest BCUT2D eigenvalue weighted by Crippen LogP contribution is -2.13. The van der Waals surface area contributed by atoms with Gasteiger partial charge in [-0.3, -0.25) is 4.79 Å². The van der Waals surface area contributed by atoms with Gasteiger partial charge in [-0.05, 0) is 18.6 Å². The molecule has 1 amide bonds. The highest BCUT2D eigenvalue weighted by Gasteiger charge is 2.10. The van der Waals surface area contributed by atoms with Gasteiger partial charge >= 0.3 is 0 Å². The van der Waals surface area contributed by atoms with Crippen LogP contribution in [0.4, 0.5) is 0 Å². The smallest absolute Gasteiger partial charge is 0.217 e. The summed E-state index contributed by atoms with van der Waals surface area (Å²) in [6, 6.07) is 7.94. The number of benzene rings is 1. The Morgan fingerprint density at radius 3 is 2.86 bits per heavy atom. The quantitative estimate of drug-likeness (QED) is 0.591. The molecule has 118 valence electrons. The van der Waals surface area contributed by atoms with Crippen LogP contribution in [0.1, 0.15) is 17.8 Å². The van der Waals surface area contributed by atoms with Crippen molar-refractivity contribution >= 4 is 17.7 Å². The molecule has 1 heterocycles. The van der Waals surface area contributed by atoms with Crippen LogP contribution in [0.5, 0.6) is 5.75 Å². The molecule has 6 nitrogen and oxygen atoms in total. The molecule has 1 aromatic carbocycles. The number of hydrogen-bond acceptors (Lipinski definition) is 5. The fraction of sp³-hybridized carbons (Fsp3) is 0.400. The van der Waals surface area contributed by atoms with Gasteiger partial charge in [-0.1, -0.05) is 30.0 Å². The number of thioether (sulfide) groups is 1. The molecule has 1 aromatic heterocycles. The van der Waals surface area contributed by atoms with E-state index in [4.69, 9.17) is 10.5 Å². The van der Waals surface area contributed by atoms with Crippen molar-refractivity contribution in [2.45, 2.75) is 24.9 Å². The van der Waals surface area contributed by atoms with Crippen LogP contribution in [0.2, 0.25) is 0 Å². The van der Waals surface area contributed by atoms with Crippen molar-refractivity contribution in [3.63, 3.8) is 0 Å². The maximum Gasteiger partial charge on any atom is 0.217 e. The number of carbonyl (C=O) groups is 1. The molecule has 0 aliphatic rings. The number of nitrogens with two attached hydrogens (primary N) is 1. The Morgan fingerprint density at radius 1 is 1.36 bits per heavy atom. The number of carbonyl (C=O) groups excluding carboxylic acids is 1. The molecule has 0 bridgehead atoms. The second-order valence-corrected chi connectivity index (χ2v) is 5.95. The third-order valence-electron chi connectivity index (χ3n) is 3.19. The van der Waals surface area contributed by atoms with Crippen LogP contribution in [0.15, 0.2) is 29.4 Å². The SMILES string of the molecule is Cc1ccccc1OCCSc1nnc(CCC(N)=O)n1C. The minimum absolute atomic E-state index is 0.285. The molecule has 22 heavy (non-hydrogen) atoms. The fourth-order valence-electron chi connectivity index (χ4n) is 1.93. The number of para-hydroxylation sites is 1. The Hall–Kier alpha value is -2.02. The summed E-state index contributed by atoms with van der Waals surface area (Å²) in [7, 11) is 1.89. The summed E-state index contributed by atoms with van der Waals surface area (Å²) in [6.07, 6.45) is 0.798. The average molecular weight is 320 g/mol. The maximum absolute atomic E-state index is 10.8. The second kappa shape index (κ2) is 7.84. The Balaban J connectivity index is 1.80. The lowest BCUT2D eigenvalue weighted by Gasteiger charge is -2.08. The summed E-state index contributed by atoms with van der Waals surface area (Å²) in [5.74, 6) is 2.11. The van der Waals surface area contributed by atoms with Gasteiger partial charge in [0.2, 0.25) is 5.91 Å². The first-order chi connectivity index (χ1) is 10.6. The van der Waals surface area contributed by atoms with Crippen LogP contribution in [-0.4, -0.2) is 33.0 Å². The Bertz CT molecular complexity index is 642. The predicted molar refractivity (Wildman–Crippen MR) is 85.9 cm³/mol. The molecule has 2 N–H and O–H groups in total. The van der Waals surface area contributed by atoms with Gasteiger partial charge in [-0.25, -0.2) is 0 Å². The van der Waals surface area contributed by atoms with Crippen molar-refractivity contribution < 1.29 is 9.53 Å². The van der Waals surface area contributed by atoms with Crippen LogP contribution in [-0.2, 0) is 18.3 Å². The zero-order valence-corrected chi connectivity index (χ0v) is 13.6. The van der Waals surface area contributed by atoms with E-state index in [0.717, 1.165) is 28.0 Å². The van der Waals surface area contributed by atoms with E-state index in [-0.39, 0.29) is 12.3 Å². The molecule has 0 aliphatic carbocycles. The van der Waals surface area contributed by atoms with Crippen LogP contribution < -0.4 is 10.5 Å². The van der Waals surface area contributed by atoms with Gasteiger partial charge in [0.15, 0.2) is 5.16 Å². The molecule has 0 fully saturated rings. The number of primary amides is 1. The van der Waals surface area contributed by atoms with Crippen molar-refractivity contribution in [1.82, 2.24) is 14.8 Å². The van der Waals surface area contributed by atoms with E-state index in [2.05, 4.69) is 10.2 Å². The van der Waals surface area contributed by atoms with Crippen molar-refractivity contribution in [2.75, 3.05) is 12.4 Å². The first-order valence-electron chi connectivity index (χ1n) is 7.05. The van der Waals surface area contributed by atoms with Crippen molar-refractivity contribution in [1.29, 1.82) is 0 Å². The Kier molecular flexibility index (Phi) is 5.83. The number of hydrogen-bond donors (Lipinski definition) is 1. The van der Waals surface area contributed by atoms with Crippen molar-refractivity contribution in [2.24, 2.45) is 12.8 Å². The highest BCUT2D eigenvalue weighted by atomic mass is 32.2. The molecule has 0 aliphatic heterocycles. The molecular weight excluding hydrogens is 300 g/mol. The number of rotatable bonds is 8. The van der Waals surface area contributed by atoms with E-state index in [9.17, 15) is 4.79 Å². The number of nitrogens with zero attached hydrogens (tertiary/aromatic N) is 3. The van der Waals surface area contributed by atoms with Gasteiger partial charge in [0, 0.05) is 25.6 Å². The van der Waals surface area contributed by atoms with Crippen LogP contribution in [0, 0.1) is 6.92 Å².